The van der Waals surface area contributed by atoms with Crippen LogP contribution in [0.5, 0.6) is 17.2 Å². The first-order chi connectivity index (χ1) is 14.3. The van der Waals surface area contributed by atoms with Crippen molar-refractivity contribution in [2.24, 2.45) is 11.3 Å². The van der Waals surface area contributed by atoms with Crippen LogP contribution >= 0.6 is 0 Å². The van der Waals surface area contributed by atoms with E-state index in [4.69, 9.17) is 14.2 Å². The van der Waals surface area contributed by atoms with Crippen molar-refractivity contribution in [3.05, 3.63) is 41.0 Å². The summed E-state index contributed by atoms with van der Waals surface area (Å²) < 4.78 is 17.0. The number of carbonyl (C=O) groups is 1. The standard InChI is InChI=1S/C25H33NO4/c1-16-7-6-11-25(2,3)19(16)9-8-18(27)14-20-22-17(10-12-26(20)4)13-21-23(24(22)28-5)30-15-29-21/h7-9,13,19-20H,6,10-12,14-15H2,1-5H3/t19-,20+/m1/s1. The largest absolute Gasteiger partial charge is 0.492 e. The molecule has 3 aliphatic rings. The summed E-state index contributed by atoms with van der Waals surface area (Å²) in [7, 11) is 3.73. The number of fused-ring (bicyclic) bond motifs is 2. The number of nitrogens with zero attached hydrogens (tertiary/aromatic N) is 1. The summed E-state index contributed by atoms with van der Waals surface area (Å²) in [4.78, 5) is 15.3. The zero-order valence-corrected chi connectivity index (χ0v) is 18.8. The number of likely N-dealkylation sites (N-methyl/N-ethyl adjacent to an activating group) is 1. The predicted molar refractivity (Wildman–Crippen MR) is 117 cm³/mol. The minimum atomic E-state index is -0.0358. The van der Waals surface area contributed by atoms with Crippen LogP contribution in [0.4, 0.5) is 0 Å². The maximum Gasteiger partial charge on any atom is 0.231 e. The van der Waals surface area contributed by atoms with Crippen LogP contribution in [-0.4, -0.2) is 38.2 Å². The van der Waals surface area contributed by atoms with E-state index in [0.717, 1.165) is 37.1 Å². The number of benzene rings is 1. The lowest BCUT2D eigenvalue weighted by atomic mass is 9.68. The summed E-state index contributed by atoms with van der Waals surface area (Å²) in [6.45, 7) is 7.87. The van der Waals surface area contributed by atoms with Gasteiger partial charge in [-0.3, -0.25) is 9.69 Å². The van der Waals surface area contributed by atoms with Crippen molar-refractivity contribution in [3.63, 3.8) is 0 Å². The van der Waals surface area contributed by atoms with E-state index >= 15 is 0 Å². The molecule has 0 radical (unpaired) electrons. The second kappa shape index (κ2) is 8.10. The molecule has 2 aliphatic heterocycles. The van der Waals surface area contributed by atoms with Crippen LogP contribution in [-0.2, 0) is 11.2 Å². The fourth-order valence-electron chi connectivity index (χ4n) is 5.23. The number of hydrogen-bond donors (Lipinski definition) is 0. The Balaban J connectivity index is 1.59. The first kappa shape index (κ1) is 21.0. The summed E-state index contributed by atoms with van der Waals surface area (Å²) in [5.74, 6) is 2.57. The van der Waals surface area contributed by atoms with Gasteiger partial charge in [-0.25, -0.2) is 0 Å². The molecule has 4 rings (SSSR count). The van der Waals surface area contributed by atoms with Gasteiger partial charge in [0.15, 0.2) is 17.3 Å². The molecule has 5 heteroatoms. The lowest BCUT2D eigenvalue weighted by molar-refractivity contribution is -0.115. The Morgan fingerprint density at radius 3 is 2.90 bits per heavy atom. The van der Waals surface area contributed by atoms with Gasteiger partial charge in [0, 0.05) is 30.5 Å². The van der Waals surface area contributed by atoms with Gasteiger partial charge in [-0.1, -0.05) is 31.6 Å². The first-order valence-corrected chi connectivity index (χ1v) is 10.9. The van der Waals surface area contributed by atoms with E-state index in [1.54, 1.807) is 13.2 Å². The van der Waals surface area contributed by atoms with Gasteiger partial charge in [-0.15, -0.1) is 0 Å². The molecule has 0 bridgehead atoms. The van der Waals surface area contributed by atoms with Crippen molar-refractivity contribution in [1.82, 2.24) is 4.90 Å². The number of carbonyl (C=O) groups excluding carboxylic acids is 1. The van der Waals surface area contributed by atoms with Crippen LogP contribution in [0.25, 0.3) is 0 Å². The third-order valence-electron chi connectivity index (χ3n) is 7.00. The summed E-state index contributed by atoms with van der Waals surface area (Å²) in [5.41, 5.74) is 3.80. The minimum absolute atomic E-state index is 0.0358. The highest BCUT2D eigenvalue weighted by molar-refractivity contribution is 5.90. The van der Waals surface area contributed by atoms with Crippen molar-refractivity contribution >= 4 is 5.78 Å². The van der Waals surface area contributed by atoms with E-state index < -0.39 is 0 Å². The Kier molecular flexibility index (Phi) is 5.67. The van der Waals surface area contributed by atoms with Gasteiger partial charge in [-0.05, 0) is 56.4 Å². The van der Waals surface area contributed by atoms with Gasteiger partial charge in [0.25, 0.3) is 0 Å². The molecular weight excluding hydrogens is 378 g/mol. The van der Waals surface area contributed by atoms with Crippen molar-refractivity contribution in [2.75, 3.05) is 27.5 Å². The van der Waals surface area contributed by atoms with Crippen LogP contribution in [0.1, 0.15) is 57.2 Å². The number of methoxy groups -OCH3 is 1. The van der Waals surface area contributed by atoms with E-state index in [2.05, 4.69) is 50.9 Å². The fourth-order valence-corrected chi connectivity index (χ4v) is 5.23. The zero-order valence-electron chi connectivity index (χ0n) is 18.8. The van der Waals surface area contributed by atoms with E-state index in [1.807, 2.05) is 0 Å². The molecule has 5 nitrogen and oxygen atoms in total. The van der Waals surface area contributed by atoms with E-state index in [9.17, 15) is 4.79 Å². The van der Waals surface area contributed by atoms with Crippen LogP contribution in [0.2, 0.25) is 0 Å². The third-order valence-corrected chi connectivity index (χ3v) is 7.00. The fraction of sp³-hybridized carbons (Fsp3) is 0.560. The molecule has 1 aliphatic carbocycles. The normalized spacial score (nSPS) is 25.2. The molecule has 2 heterocycles. The van der Waals surface area contributed by atoms with E-state index in [1.165, 1.54) is 11.1 Å². The second-order valence-electron chi connectivity index (χ2n) is 9.45. The summed E-state index contributed by atoms with van der Waals surface area (Å²) in [6.07, 6.45) is 9.83. The Labute approximate surface area is 179 Å². The molecule has 30 heavy (non-hydrogen) atoms. The lowest BCUT2D eigenvalue weighted by Crippen LogP contribution is -2.33. The average Bonchev–Trinajstić information content (AvgIpc) is 3.16. The molecule has 0 saturated heterocycles. The van der Waals surface area contributed by atoms with Gasteiger partial charge in [-0.2, -0.15) is 0 Å². The molecule has 162 valence electrons. The van der Waals surface area contributed by atoms with Gasteiger partial charge < -0.3 is 14.2 Å². The molecule has 1 aromatic rings. The van der Waals surface area contributed by atoms with Gasteiger partial charge in [0.2, 0.25) is 12.5 Å². The van der Waals surface area contributed by atoms with Crippen molar-refractivity contribution in [2.45, 2.75) is 52.5 Å². The first-order valence-electron chi connectivity index (χ1n) is 10.9. The van der Waals surface area contributed by atoms with Crippen molar-refractivity contribution in [3.8, 4) is 17.2 Å². The molecule has 0 unspecified atom stereocenters. The predicted octanol–water partition coefficient (Wildman–Crippen LogP) is 4.85. The molecule has 1 aromatic carbocycles. The SMILES string of the molecule is COc1c2c(cc3c1[C@H](CC(=O)C=C[C@@H]1C(C)=CCCC1(C)C)N(C)CC3)OCO2. The van der Waals surface area contributed by atoms with Crippen molar-refractivity contribution in [1.29, 1.82) is 0 Å². The van der Waals surface area contributed by atoms with E-state index in [0.29, 0.717) is 23.8 Å². The zero-order chi connectivity index (χ0) is 21.5. The molecule has 0 saturated carbocycles. The molecule has 2 atom stereocenters. The quantitative estimate of drug-likeness (QED) is 0.512. The maximum absolute atomic E-state index is 13.0. The smallest absolute Gasteiger partial charge is 0.231 e. The Bertz CT molecular complexity index is 899. The average molecular weight is 412 g/mol. The maximum atomic E-state index is 13.0. The minimum Gasteiger partial charge on any atom is -0.492 e. The van der Waals surface area contributed by atoms with E-state index in [-0.39, 0.29) is 24.0 Å². The van der Waals surface area contributed by atoms with Gasteiger partial charge in [0.1, 0.15) is 0 Å². The van der Waals surface area contributed by atoms with Gasteiger partial charge >= 0.3 is 0 Å². The lowest BCUT2D eigenvalue weighted by Gasteiger charge is -2.37. The number of ketones is 1. The van der Waals surface area contributed by atoms with Crippen LogP contribution < -0.4 is 14.2 Å². The highest BCUT2D eigenvalue weighted by Gasteiger charge is 2.35. The molecule has 0 spiro atoms. The van der Waals surface area contributed by atoms with Crippen molar-refractivity contribution < 1.29 is 19.0 Å². The molecule has 0 amide bonds. The topological polar surface area (TPSA) is 48.0 Å². The van der Waals surface area contributed by atoms with Gasteiger partial charge in [0.05, 0.1) is 7.11 Å². The molecule has 0 aromatic heterocycles. The number of hydrogen-bond acceptors (Lipinski definition) is 5. The van der Waals surface area contributed by atoms with Crippen LogP contribution in [0.3, 0.4) is 0 Å². The molecule has 0 N–H and O–H groups in total. The Hall–Kier alpha value is -2.27. The molecule has 0 fully saturated rings. The Morgan fingerprint density at radius 1 is 1.37 bits per heavy atom. The summed E-state index contributed by atoms with van der Waals surface area (Å²) >= 11 is 0. The molecular formula is C25H33NO4. The number of ether oxygens (including phenoxy) is 3. The number of allylic oxidation sites excluding steroid dienone is 4. The van der Waals surface area contributed by atoms with Crippen LogP contribution in [0.15, 0.2) is 29.9 Å². The van der Waals surface area contributed by atoms with Crippen LogP contribution in [0, 0.1) is 11.3 Å². The second-order valence-corrected chi connectivity index (χ2v) is 9.45. The summed E-state index contributed by atoms with van der Waals surface area (Å²) in [5, 5.41) is 0. The number of rotatable bonds is 5. The highest BCUT2D eigenvalue weighted by Crippen LogP contribution is 2.50. The Morgan fingerprint density at radius 2 is 2.17 bits per heavy atom. The highest BCUT2D eigenvalue weighted by atomic mass is 16.7. The third kappa shape index (κ3) is 3.76. The summed E-state index contributed by atoms with van der Waals surface area (Å²) in [6, 6.07) is 2.02. The monoisotopic (exact) mass is 411 g/mol.